The summed E-state index contributed by atoms with van der Waals surface area (Å²) in [7, 11) is 0. The number of halogens is 1. The zero-order valence-electron chi connectivity index (χ0n) is 19.4. The highest BCUT2D eigenvalue weighted by Crippen LogP contribution is 2.20. The Morgan fingerprint density at radius 1 is 0.857 bits per heavy atom. The lowest BCUT2D eigenvalue weighted by Crippen LogP contribution is -2.45. The first-order chi connectivity index (χ1) is 17.0. The molecule has 0 unspecified atom stereocenters. The molecule has 8 heteroatoms. The van der Waals surface area contributed by atoms with Crippen LogP contribution in [-0.4, -0.2) is 56.2 Å². The highest BCUT2D eigenvalue weighted by atomic mass is 19.1. The number of nitrogens with zero attached hydrogens (tertiary/aromatic N) is 2. The van der Waals surface area contributed by atoms with E-state index >= 15 is 0 Å². The molecule has 0 saturated carbocycles. The highest BCUT2D eigenvalue weighted by Gasteiger charge is 2.17. The zero-order chi connectivity index (χ0) is 24.5. The standard InChI is InChI=1S/C27H28FN3O4/c28-22-7-4-8-25(17-22)34-20-27(33)35-19-26(32)29-23-9-11-24(12-10-23)31-15-13-30(14-16-31)18-21-5-2-1-3-6-21/h1-12,17H,13-16,18-20H2,(H,29,32). The molecule has 0 spiro atoms. The van der Waals surface area contributed by atoms with Crippen molar-refractivity contribution in [3.8, 4) is 5.75 Å². The first-order valence-corrected chi connectivity index (χ1v) is 11.5. The van der Waals surface area contributed by atoms with Gasteiger partial charge in [-0.05, 0) is 42.0 Å². The van der Waals surface area contributed by atoms with Crippen molar-refractivity contribution in [2.24, 2.45) is 0 Å². The summed E-state index contributed by atoms with van der Waals surface area (Å²) < 4.78 is 23.2. The van der Waals surface area contributed by atoms with Crippen molar-refractivity contribution in [3.63, 3.8) is 0 Å². The van der Waals surface area contributed by atoms with E-state index in [1.165, 1.54) is 23.8 Å². The Balaban J connectivity index is 1.16. The van der Waals surface area contributed by atoms with E-state index in [9.17, 15) is 14.0 Å². The van der Waals surface area contributed by atoms with Gasteiger partial charge in [0, 0.05) is 50.2 Å². The van der Waals surface area contributed by atoms with Gasteiger partial charge in [-0.2, -0.15) is 0 Å². The minimum Gasteiger partial charge on any atom is -0.482 e. The number of piperazine rings is 1. The van der Waals surface area contributed by atoms with Crippen LogP contribution in [0.15, 0.2) is 78.9 Å². The summed E-state index contributed by atoms with van der Waals surface area (Å²) in [6, 6.07) is 23.5. The predicted molar refractivity (Wildman–Crippen MR) is 132 cm³/mol. The molecule has 1 N–H and O–H groups in total. The third-order valence-corrected chi connectivity index (χ3v) is 5.65. The van der Waals surface area contributed by atoms with Crippen LogP contribution in [0.1, 0.15) is 5.56 Å². The van der Waals surface area contributed by atoms with Crippen molar-refractivity contribution in [2.45, 2.75) is 6.54 Å². The molecule has 1 heterocycles. The van der Waals surface area contributed by atoms with Crippen LogP contribution in [0.4, 0.5) is 15.8 Å². The molecule has 3 aromatic carbocycles. The monoisotopic (exact) mass is 477 g/mol. The zero-order valence-corrected chi connectivity index (χ0v) is 19.4. The Kier molecular flexibility index (Phi) is 8.30. The quantitative estimate of drug-likeness (QED) is 0.474. The van der Waals surface area contributed by atoms with Gasteiger partial charge in [0.15, 0.2) is 13.2 Å². The SMILES string of the molecule is O=C(COC(=O)COc1cccc(F)c1)Nc1ccc(N2CCN(Cc3ccccc3)CC2)cc1. The van der Waals surface area contributed by atoms with Crippen molar-refractivity contribution >= 4 is 23.3 Å². The van der Waals surface area contributed by atoms with Gasteiger partial charge in [0.05, 0.1) is 0 Å². The van der Waals surface area contributed by atoms with E-state index in [-0.39, 0.29) is 5.75 Å². The lowest BCUT2D eigenvalue weighted by Gasteiger charge is -2.36. The molecule has 1 fully saturated rings. The molecule has 35 heavy (non-hydrogen) atoms. The summed E-state index contributed by atoms with van der Waals surface area (Å²) >= 11 is 0. The number of nitrogens with one attached hydrogen (secondary N) is 1. The molecule has 0 bridgehead atoms. The van der Waals surface area contributed by atoms with Crippen LogP contribution in [0.5, 0.6) is 5.75 Å². The maximum absolute atomic E-state index is 13.1. The molecular formula is C27H28FN3O4. The maximum atomic E-state index is 13.1. The molecule has 4 rings (SSSR count). The van der Waals surface area contributed by atoms with E-state index in [1.54, 1.807) is 0 Å². The summed E-state index contributed by atoms with van der Waals surface area (Å²) in [5.41, 5.74) is 3.04. The van der Waals surface area contributed by atoms with Crippen molar-refractivity contribution in [2.75, 3.05) is 49.6 Å². The molecule has 0 aliphatic carbocycles. The molecule has 1 aliphatic heterocycles. The van der Waals surface area contributed by atoms with Gasteiger partial charge >= 0.3 is 5.97 Å². The van der Waals surface area contributed by atoms with E-state index in [0.717, 1.165) is 44.5 Å². The number of esters is 1. The van der Waals surface area contributed by atoms with Crippen LogP contribution in [0.25, 0.3) is 0 Å². The van der Waals surface area contributed by atoms with Crippen molar-refractivity contribution < 1.29 is 23.5 Å². The second-order valence-electron chi connectivity index (χ2n) is 8.25. The van der Waals surface area contributed by atoms with Gasteiger partial charge in [0.25, 0.3) is 5.91 Å². The Hall–Kier alpha value is -3.91. The second kappa shape index (κ2) is 12.0. The minimum atomic E-state index is -0.717. The van der Waals surface area contributed by atoms with Gasteiger partial charge < -0.3 is 19.7 Å². The first kappa shape index (κ1) is 24.2. The van der Waals surface area contributed by atoms with Crippen LogP contribution >= 0.6 is 0 Å². The first-order valence-electron chi connectivity index (χ1n) is 11.5. The summed E-state index contributed by atoms with van der Waals surface area (Å²) in [5.74, 6) is -1.42. The lowest BCUT2D eigenvalue weighted by atomic mass is 10.2. The Morgan fingerprint density at radius 2 is 1.60 bits per heavy atom. The molecule has 1 saturated heterocycles. The lowest BCUT2D eigenvalue weighted by molar-refractivity contribution is -0.149. The minimum absolute atomic E-state index is 0.212. The number of amides is 1. The molecular weight excluding hydrogens is 449 g/mol. The third-order valence-electron chi connectivity index (χ3n) is 5.65. The van der Waals surface area contributed by atoms with Gasteiger partial charge in [-0.25, -0.2) is 9.18 Å². The van der Waals surface area contributed by atoms with Crippen LogP contribution in [-0.2, 0) is 20.9 Å². The van der Waals surface area contributed by atoms with Gasteiger partial charge in [0.2, 0.25) is 0 Å². The molecule has 7 nitrogen and oxygen atoms in total. The van der Waals surface area contributed by atoms with E-state index in [4.69, 9.17) is 9.47 Å². The van der Waals surface area contributed by atoms with Gasteiger partial charge in [-0.1, -0.05) is 36.4 Å². The Morgan fingerprint density at radius 3 is 2.31 bits per heavy atom. The number of carbonyl (C=O) groups excluding carboxylic acids is 2. The smallest absolute Gasteiger partial charge is 0.344 e. The normalized spacial score (nSPS) is 13.8. The predicted octanol–water partition coefficient (Wildman–Crippen LogP) is 3.71. The molecule has 1 aliphatic rings. The fourth-order valence-corrected chi connectivity index (χ4v) is 3.85. The average molecular weight is 478 g/mol. The van der Waals surface area contributed by atoms with Crippen LogP contribution < -0.4 is 15.0 Å². The third kappa shape index (κ3) is 7.55. The highest BCUT2D eigenvalue weighted by molar-refractivity contribution is 5.93. The van der Waals surface area contributed by atoms with Gasteiger partial charge in [-0.3, -0.25) is 9.69 Å². The fourth-order valence-electron chi connectivity index (χ4n) is 3.85. The second-order valence-corrected chi connectivity index (χ2v) is 8.25. The van der Waals surface area contributed by atoms with Crippen LogP contribution in [0.2, 0.25) is 0 Å². The molecule has 0 aromatic heterocycles. The summed E-state index contributed by atoms with van der Waals surface area (Å²) in [6.45, 7) is 3.96. The van der Waals surface area contributed by atoms with Crippen molar-refractivity contribution in [1.82, 2.24) is 4.90 Å². The topological polar surface area (TPSA) is 71.1 Å². The fraction of sp³-hybridized carbons (Fsp3) is 0.259. The summed E-state index contributed by atoms with van der Waals surface area (Å²) in [6.07, 6.45) is 0. The molecule has 1 amide bonds. The number of hydrogen-bond acceptors (Lipinski definition) is 6. The number of carbonyl (C=O) groups is 2. The van der Waals surface area contributed by atoms with E-state index < -0.39 is 30.9 Å². The maximum Gasteiger partial charge on any atom is 0.344 e. The number of ether oxygens (including phenoxy) is 2. The number of anilines is 2. The number of hydrogen-bond donors (Lipinski definition) is 1. The van der Waals surface area contributed by atoms with Crippen molar-refractivity contribution in [3.05, 3.63) is 90.2 Å². The van der Waals surface area contributed by atoms with E-state index in [1.807, 2.05) is 30.3 Å². The van der Waals surface area contributed by atoms with E-state index in [2.05, 4.69) is 39.4 Å². The van der Waals surface area contributed by atoms with Crippen LogP contribution in [0.3, 0.4) is 0 Å². The van der Waals surface area contributed by atoms with Crippen molar-refractivity contribution in [1.29, 1.82) is 0 Å². The summed E-state index contributed by atoms with van der Waals surface area (Å²) in [5, 5.41) is 2.71. The Labute approximate surface area is 204 Å². The molecule has 182 valence electrons. The number of rotatable bonds is 9. The average Bonchev–Trinajstić information content (AvgIpc) is 2.88. The summed E-state index contributed by atoms with van der Waals surface area (Å²) in [4.78, 5) is 28.7. The number of benzene rings is 3. The molecule has 3 aromatic rings. The largest absolute Gasteiger partial charge is 0.482 e. The van der Waals surface area contributed by atoms with Crippen LogP contribution in [0, 0.1) is 5.82 Å². The molecule has 0 atom stereocenters. The Bertz CT molecular complexity index is 1120. The van der Waals surface area contributed by atoms with Gasteiger partial charge in [0.1, 0.15) is 11.6 Å². The van der Waals surface area contributed by atoms with Gasteiger partial charge in [-0.15, -0.1) is 0 Å². The molecule has 0 radical (unpaired) electrons. The van der Waals surface area contributed by atoms with E-state index in [0.29, 0.717) is 5.69 Å².